The first-order valence-corrected chi connectivity index (χ1v) is 7.44. The van der Waals surface area contributed by atoms with E-state index in [-0.39, 0.29) is 5.91 Å². The summed E-state index contributed by atoms with van der Waals surface area (Å²) in [6.45, 7) is 1.73. The zero-order valence-electron chi connectivity index (χ0n) is 10.3. The summed E-state index contributed by atoms with van der Waals surface area (Å²) in [4.78, 5) is 19.2. The van der Waals surface area contributed by atoms with Crippen molar-refractivity contribution >= 4 is 28.8 Å². The highest BCUT2D eigenvalue weighted by Crippen LogP contribution is 2.28. The molecule has 0 spiro atoms. The third-order valence-electron chi connectivity index (χ3n) is 3.18. The van der Waals surface area contributed by atoms with Gasteiger partial charge in [-0.2, -0.15) is 0 Å². The molecule has 0 saturated carbocycles. The third kappa shape index (κ3) is 2.65. The van der Waals surface area contributed by atoms with Gasteiger partial charge in [-0.3, -0.25) is 4.79 Å². The Labute approximate surface area is 120 Å². The van der Waals surface area contributed by atoms with Crippen LogP contribution in [0.1, 0.15) is 22.5 Å². The average Bonchev–Trinajstić information content (AvgIpc) is 3.10. The molecule has 3 nitrogen and oxygen atoms in total. The molecule has 2 aromatic rings. The maximum absolute atomic E-state index is 12.2. The number of hydrogen-bond acceptors (Lipinski definition) is 3. The Bertz CT molecular complexity index is 605. The van der Waals surface area contributed by atoms with Crippen LogP contribution in [-0.4, -0.2) is 28.9 Å². The van der Waals surface area contributed by atoms with Crippen molar-refractivity contribution in [3.63, 3.8) is 0 Å². The highest BCUT2D eigenvalue weighted by molar-refractivity contribution is 7.16. The predicted molar refractivity (Wildman–Crippen MR) is 77.7 cm³/mol. The number of aromatic nitrogens is 1. The van der Waals surface area contributed by atoms with Crippen molar-refractivity contribution in [3.05, 3.63) is 40.4 Å². The molecule has 1 aliphatic rings. The summed E-state index contributed by atoms with van der Waals surface area (Å²) < 4.78 is 0. The van der Waals surface area contributed by atoms with E-state index in [1.807, 2.05) is 29.2 Å². The van der Waals surface area contributed by atoms with Gasteiger partial charge in [0.15, 0.2) is 0 Å². The zero-order valence-corrected chi connectivity index (χ0v) is 11.9. The number of rotatable bonds is 2. The Balaban J connectivity index is 1.85. The summed E-state index contributed by atoms with van der Waals surface area (Å²) in [5.41, 5.74) is 0.956. The van der Waals surface area contributed by atoms with E-state index in [4.69, 9.17) is 11.6 Å². The van der Waals surface area contributed by atoms with Gasteiger partial charge in [0, 0.05) is 23.7 Å². The number of halogens is 1. The quantitative estimate of drug-likeness (QED) is 0.845. The van der Waals surface area contributed by atoms with Crippen molar-refractivity contribution in [1.82, 2.24) is 9.88 Å². The van der Waals surface area contributed by atoms with Crippen molar-refractivity contribution in [2.75, 3.05) is 13.1 Å². The predicted octanol–water partition coefficient (Wildman–Crippen LogP) is 3.70. The van der Waals surface area contributed by atoms with Gasteiger partial charge in [0.05, 0.1) is 6.20 Å². The van der Waals surface area contributed by atoms with Gasteiger partial charge in [-0.15, -0.1) is 11.3 Å². The first kappa shape index (κ1) is 12.6. The van der Waals surface area contributed by atoms with Crippen LogP contribution in [-0.2, 0) is 0 Å². The molecule has 0 unspecified atom stereocenters. The number of carbonyl (C=O) groups excluding carboxylic acids is 1. The van der Waals surface area contributed by atoms with Crippen LogP contribution in [0.2, 0.25) is 5.02 Å². The number of thiazole rings is 1. The minimum absolute atomic E-state index is 0.100. The standard InChI is InChI=1S/C14H13ClN2OS/c15-11-5-3-4-10(8-11)13-16-9-12(19-13)14(18)17-6-1-2-7-17/h3-5,8-9H,1-2,6-7H2. The van der Waals surface area contributed by atoms with Gasteiger partial charge in [0.1, 0.15) is 9.88 Å². The van der Waals surface area contributed by atoms with Gasteiger partial charge in [-0.05, 0) is 25.0 Å². The second-order valence-corrected chi connectivity index (χ2v) is 6.01. The van der Waals surface area contributed by atoms with Gasteiger partial charge in [-0.1, -0.05) is 23.7 Å². The second kappa shape index (κ2) is 5.31. The lowest BCUT2D eigenvalue weighted by Gasteiger charge is -2.12. The average molecular weight is 293 g/mol. The normalized spacial score (nSPS) is 14.9. The summed E-state index contributed by atoms with van der Waals surface area (Å²) in [7, 11) is 0. The Morgan fingerprint density at radius 1 is 1.32 bits per heavy atom. The van der Waals surface area contributed by atoms with Crippen molar-refractivity contribution in [2.24, 2.45) is 0 Å². The molecule has 0 bridgehead atoms. The fraction of sp³-hybridized carbons (Fsp3) is 0.286. The van der Waals surface area contributed by atoms with Gasteiger partial charge >= 0.3 is 0 Å². The lowest BCUT2D eigenvalue weighted by molar-refractivity contribution is 0.0797. The van der Waals surface area contributed by atoms with Crippen LogP contribution in [0.4, 0.5) is 0 Å². The summed E-state index contributed by atoms with van der Waals surface area (Å²) in [5.74, 6) is 0.100. The van der Waals surface area contributed by atoms with E-state index in [9.17, 15) is 4.79 Å². The maximum Gasteiger partial charge on any atom is 0.265 e. The Morgan fingerprint density at radius 3 is 2.84 bits per heavy atom. The van der Waals surface area contributed by atoms with Crippen LogP contribution in [0.3, 0.4) is 0 Å². The summed E-state index contributed by atoms with van der Waals surface area (Å²) in [6.07, 6.45) is 3.87. The first-order valence-electron chi connectivity index (χ1n) is 6.25. The highest BCUT2D eigenvalue weighted by atomic mass is 35.5. The largest absolute Gasteiger partial charge is 0.338 e. The molecule has 98 valence electrons. The van der Waals surface area contributed by atoms with Crippen molar-refractivity contribution in [2.45, 2.75) is 12.8 Å². The third-order valence-corrected chi connectivity index (χ3v) is 4.45. The van der Waals surface area contributed by atoms with Crippen LogP contribution >= 0.6 is 22.9 Å². The molecule has 2 heterocycles. The monoisotopic (exact) mass is 292 g/mol. The van der Waals surface area contributed by atoms with E-state index in [1.165, 1.54) is 11.3 Å². The van der Waals surface area contributed by atoms with E-state index < -0.39 is 0 Å². The van der Waals surface area contributed by atoms with E-state index in [0.717, 1.165) is 36.5 Å². The Morgan fingerprint density at radius 2 is 2.11 bits per heavy atom. The van der Waals surface area contributed by atoms with Crippen LogP contribution in [0, 0.1) is 0 Å². The minimum Gasteiger partial charge on any atom is -0.338 e. The molecular weight excluding hydrogens is 280 g/mol. The minimum atomic E-state index is 0.100. The fourth-order valence-corrected chi connectivity index (χ4v) is 3.27. The Kier molecular flexibility index (Phi) is 3.53. The summed E-state index contributed by atoms with van der Waals surface area (Å²) in [5, 5.41) is 1.52. The molecule has 1 aliphatic heterocycles. The Hall–Kier alpha value is -1.39. The van der Waals surface area contributed by atoms with Gasteiger partial charge in [0.25, 0.3) is 5.91 Å². The van der Waals surface area contributed by atoms with Crippen molar-refractivity contribution in [3.8, 4) is 10.6 Å². The van der Waals surface area contributed by atoms with Crippen LogP contribution in [0.15, 0.2) is 30.5 Å². The highest BCUT2D eigenvalue weighted by Gasteiger charge is 2.21. The van der Waals surface area contributed by atoms with Crippen molar-refractivity contribution < 1.29 is 4.79 Å². The molecule has 19 heavy (non-hydrogen) atoms. The fourth-order valence-electron chi connectivity index (χ4n) is 2.20. The van der Waals surface area contributed by atoms with Crippen molar-refractivity contribution in [1.29, 1.82) is 0 Å². The molecule has 1 saturated heterocycles. The van der Waals surface area contributed by atoms with Crippen LogP contribution < -0.4 is 0 Å². The molecule has 1 amide bonds. The number of benzene rings is 1. The summed E-state index contributed by atoms with van der Waals surface area (Å²) in [6, 6.07) is 7.54. The lowest BCUT2D eigenvalue weighted by atomic mass is 10.2. The summed E-state index contributed by atoms with van der Waals surface area (Å²) >= 11 is 7.40. The molecule has 0 aliphatic carbocycles. The number of nitrogens with zero attached hydrogens (tertiary/aromatic N) is 2. The number of likely N-dealkylation sites (tertiary alicyclic amines) is 1. The molecule has 1 aromatic heterocycles. The smallest absolute Gasteiger partial charge is 0.265 e. The van der Waals surface area contributed by atoms with Gasteiger partial charge in [0.2, 0.25) is 0 Å². The van der Waals surface area contributed by atoms with Crippen LogP contribution in [0.5, 0.6) is 0 Å². The molecule has 5 heteroatoms. The first-order chi connectivity index (χ1) is 9.24. The second-order valence-electron chi connectivity index (χ2n) is 4.54. The molecular formula is C14H13ClN2OS. The van der Waals surface area contributed by atoms with E-state index >= 15 is 0 Å². The molecule has 1 fully saturated rings. The molecule has 0 N–H and O–H groups in total. The number of hydrogen-bond donors (Lipinski definition) is 0. The van der Waals surface area contributed by atoms with E-state index in [1.54, 1.807) is 6.20 Å². The van der Waals surface area contributed by atoms with Gasteiger partial charge in [-0.25, -0.2) is 4.98 Å². The molecule has 0 radical (unpaired) electrons. The van der Waals surface area contributed by atoms with Crippen LogP contribution in [0.25, 0.3) is 10.6 Å². The van der Waals surface area contributed by atoms with E-state index in [0.29, 0.717) is 9.90 Å². The van der Waals surface area contributed by atoms with Gasteiger partial charge < -0.3 is 4.90 Å². The maximum atomic E-state index is 12.2. The molecule has 0 atom stereocenters. The van der Waals surface area contributed by atoms with E-state index in [2.05, 4.69) is 4.98 Å². The number of carbonyl (C=O) groups is 1. The lowest BCUT2D eigenvalue weighted by Crippen LogP contribution is -2.26. The molecule has 3 rings (SSSR count). The zero-order chi connectivity index (χ0) is 13.2. The number of amides is 1. The topological polar surface area (TPSA) is 33.2 Å². The molecule has 1 aromatic carbocycles. The SMILES string of the molecule is O=C(c1cnc(-c2cccc(Cl)c2)s1)N1CCCC1.